The first-order chi connectivity index (χ1) is 5.31. The van der Waals surface area contributed by atoms with E-state index in [1.54, 1.807) is 0 Å². The average Bonchev–Trinajstić information content (AvgIpc) is 2.04. The van der Waals surface area contributed by atoms with Crippen LogP contribution in [0.5, 0.6) is 0 Å². The van der Waals surface area contributed by atoms with Gasteiger partial charge in [-0.2, -0.15) is 0 Å². The molecule has 0 aromatic rings. The largest absolute Gasteiger partial charge is 0.469 e. The van der Waals surface area contributed by atoms with Crippen molar-refractivity contribution in [3.63, 3.8) is 0 Å². The molecule has 0 unspecified atom stereocenters. The zero-order chi connectivity index (χ0) is 8.53. The molecule has 0 N–H and O–H groups in total. The Balaban J connectivity index is 3.14. The van der Waals surface area contributed by atoms with E-state index < -0.39 is 0 Å². The van der Waals surface area contributed by atoms with Crippen LogP contribution in [0.15, 0.2) is 12.2 Å². The molecule has 0 aliphatic rings. The monoisotopic (exact) mass is 156 g/mol. The highest BCUT2D eigenvalue weighted by molar-refractivity contribution is 5.68. The fourth-order valence-electron chi connectivity index (χ4n) is 0.751. The second-order valence-corrected chi connectivity index (χ2v) is 2.35. The van der Waals surface area contributed by atoms with Crippen LogP contribution in [0.2, 0.25) is 0 Å². The molecule has 0 amide bonds. The summed E-state index contributed by atoms with van der Waals surface area (Å²) < 4.78 is 4.49. The third-order valence-electron chi connectivity index (χ3n) is 1.38. The molecule has 0 radical (unpaired) electrons. The lowest BCUT2D eigenvalue weighted by Crippen LogP contribution is -1.98. The van der Waals surface area contributed by atoms with Crippen LogP contribution >= 0.6 is 0 Å². The number of unbranched alkanes of at least 4 members (excludes halogenated alkanes) is 1. The molecular formula is C9H16O2. The van der Waals surface area contributed by atoms with Gasteiger partial charge in [0.2, 0.25) is 0 Å². The lowest BCUT2D eigenvalue weighted by Gasteiger charge is -1.95. The Morgan fingerprint density at radius 3 is 2.73 bits per heavy atom. The van der Waals surface area contributed by atoms with Crippen molar-refractivity contribution >= 4 is 5.97 Å². The van der Waals surface area contributed by atoms with Gasteiger partial charge in [0, 0.05) is 6.42 Å². The predicted molar refractivity (Wildman–Crippen MR) is 45.3 cm³/mol. The van der Waals surface area contributed by atoms with Gasteiger partial charge in [-0.05, 0) is 19.3 Å². The molecule has 0 rings (SSSR count). The average molecular weight is 156 g/mol. The number of carbonyl (C=O) groups excluding carboxylic acids is 1. The molecule has 0 bridgehead atoms. The van der Waals surface area contributed by atoms with E-state index in [1.165, 1.54) is 7.11 Å². The first-order valence-electron chi connectivity index (χ1n) is 4.03. The quantitative estimate of drug-likeness (QED) is 0.347. The zero-order valence-corrected chi connectivity index (χ0v) is 7.30. The molecule has 0 aromatic heterocycles. The molecular weight excluding hydrogens is 140 g/mol. The minimum Gasteiger partial charge on any atom is -0.469 e. The van der Waals surface area contributed by atoms with Gasteiger partial charge in [-0.3, -0.25) is 4.79 Å². The van der Waals surface area contributed by atoms with Crippen LogP contribution < -0.4 is 0 Å². The van der Waals surface area contributed by atoms with E-state index >= 15 is 0 Å². The molecule has 2 heteroatoms. The minimum atomic E-state index is -0.116. The topological polar surface area (TPSA) is 26.3 Å². The van der Waals surface area contributed by atoms with Gasteiger partial charge in [0.05, 0.1) is 7.11 Å². The summed E-state index contributed by atoms with van der Waals surface area (Å²) in [5.41, 5.74) is 0. The van der Waals surface area contributed by atoms with Crippen molar-refractivity contribution in [3.05, 3.63) is 12.2 Å². The second-order valence-electron chi connectivity index (χ2n) is 2.35. The molecule has 0 heterocycles. The summed E-state index contributed by atoms with van der Waals surface area (Å²) in [6.45, 7) is 2.09. The van der Waals surface area contributed by atoms with Gasteiger partial charge in [-0.15, -0.1) is 0 Å². The molecule has 0 fully saturated rings. The van der Waals surface area contributed by atoms with Crippen molar-refractivity contribution in [3.8, 4) is 0 Å². The summed E-state index contributed by atoms with van der Waals surface area (Å²) in [6, 6.07) is 0. The third kappa shape index (κ3) is 7.10. The molecule has 2 nitrogen and oxygen atoms in total. The Bertz CT molecular complexity index is 128. The lowest BCUT2D eigenvalue weighted by molar-refractivity contribution is -0.140. The van der Waals surface area contributed by atoms with Gasteiger partial charge in [0.15, 0.2) is 0 Å². The summed E-state index contributed by atoms with van der Waals surface area (Å²) in [6.07, 6.45) is 7.68. The van der Waals surface area contributed by atoms with Crippen molar-refractivity contribution < 1.29 is 9.53 Å². The van der Waals surface area contributed by atoms with Gasteiger partial charge in [-0.1, -0.05) is 19.1 Å². The predicted octanol–water partition coefficient (Wildman–Crippen LogP) is 2.30. The Morgan fingerprint density at radius 2 is 2.18 bits per heavy atom. The number of esters is 1. The van der Waals surface area contributed by atoms with Crippen LogP contribution in [-0.4, -0.2) is 13.1 Å². The van der Waals surface area contributed by atoms with Crippen LogP contribution in [0.4, 0.5) is 0 Å². The highest BCUT2D eigenvalue weighted by Gasteiger charge is 1.96. The van der Waals surface area contributed by atoms with E-state index in [2.05, 4.69) is 23.8 Å². The normalized spacial score (nSPS) is 10.4. The maximum absolute atomic E-state index is 10.6. The first-order valence-corrected chi connectivity index (χ1v) is 4.03. The Labute approximate surface area is 68.2 Å². The van der Waals surface area contributed by atoms with Gasteiger partial charge in [-0.25, -0.2) is 0 Å². The van der Waals surface area contributed by atoms with Crippen LogP contribution in [0.25, 0.3) is 0 Å². The van der Waals surface area contributed by atoms with Gasteiger partial charge >= 0.3 is 5.97 Å². The standard InChI is InChI=1S/C9H16O2/c1-3-4-5-6-7-8-9(10)11-2/h4-5H,3,6-8H2,1-2H3/b5-4-. The third-order valence-corrected chi connectivity index (χ3v) is 1.38. The van der Waals surface area contributed by atoms with Crippen molar-refractivity contribution in [1.82, 2.24) is 0 Å². The number of hydrogen-bond acceptors (Lipinski definition) is 2. The van der Waals surface area contributed by atoms with Crippen molar-refractivity contribution in [2.45, 2.75) is 32.6 Å². The molecule has 0 spiro atoms. The van der Waals surface area contributed by atoms with E-state index in [9.17, 15) is 4.79 Å². The SMILES string of the molecule is CC/C=C\CCCC(=O)OC. The summed E-state index contributed by atoms with van der Waals surface area (Å²) in [5, 5.41) is 0. The molecule has 0 saturated carbocycles. The summed E-state index contributed by atoms with van der Waals surface area (Å²) in [5.74, 6) is -0.116. The number of methoxy groups -OCH3 is 1. The fraction of sp³-hybridized carbons (Fsp3) is 0.667. The second kappa shape index (κ2) is 7.32. The lowest BCUT2D eigenvalue weighted by atomic mass is 10.2. The van der Waals surface area contributed by atoms with E-state index in [0.717, 1.165) is 19.3 Å². The molecule has 0 aromatic carbocycles. The molecule has 0 aliphatic heterocycles. The van der Waals surface area contributed by atoms with E-state index in [0.29, 0.717) is 6.42 Å². The van der Waals surface area contributed by atoms with Gasteiger partial charge in [0.25, 0.3) is 0 Å². The summed E-state index contributed by atoms with van der Waals surface area (Å²) >= 11 is 0. The summed E-state index contributed by atoms with van der Waals surface area (Å²) in [4.78, 5) is 10.6. The number of rotatable bonds is 5. The molecule has 0 atom stereocenters. The fourth-order valence-corrected chi connectivity index (χ4v) is 0.751. The Kier molecular flexibility index (Phi) is 6.79. The number of carbonyl (C=O) groups is 1. The maximum Gasteiger partial charge on any atom is 0.305 e. The Hall–Kier alpha value is -0.790. The van der Waals surface area contributed by atoms with Crippen molar-refractivity contribution in [2.75, 3.05) is 7.11 Å². The van der Waals surface area contributed by atoms with Crippen molar-refractivity contribution in [1.29, 1.82) is 0 Å². The number of hydrogen-bond donors (Lipinski definition) is 0. The number of allylic oxidation sites excluding steroid dienone is 2. The van der Waals surface area contributed by atoms with Crippen molar-refractivity contribution in [2.24, 2.45) is 0 Å². The zero-order valence-electron chi connectivity index (χ0n) is 7.30. The van der Waals surface area contributed by atoms with Gasteiger partial charge in [0.1, 0.15) is 0 Å². The maximum atomic E-state index is 10.6. The molecule has 64 valence electrons. The first kappa shape index (κ1) is 10.2. The van der Waals surface area contributed by atoms with E-state index in [1.807, 2.05) is 0 Å². The highest BCUT2D eigenvalue weighted by atomic mass is 16.5. The van der Waals surface area contributed by atoms with E-state index in [-0.39, 0.29) is 5.97 Å². The molecule has 0 aliphatic carbocycles. The molecule has 11 heavy (non-hydrogen) atoms. The minimum absolute atomic E-state index is 0.116. The number of ether oxygens (including phenoxy) is 1. The van der Waals surface area contributed by atoms with Gasteiger partial charge < -0.3 is 4.74 Å². The van der Waals surface area contributed by atoms with Crippen LogP contribution in [0, 0.1) is 0 Å². The van der Waals surface area contributed by atoms with Crippen LogP contribution in [-0.2, 0) is 9.53 Å². The Morgan fingerprint density at radius 1 is 1.45 bits per heavy atom. The highest BCUT2D eigenvalue weighted by Crippen LogP contribution is 1.98. The smallest absolute Gasteiger partial charge is 0.305 e. The molecule has 0 saturated heterocycles. The van der Waals surface area contributed by atoms with Crippen LogP contribution in [0.1, 0.15) is 32.6 Å². The summed E-state index contributed by atoms with van der Waals surface area (Å²) in [7, 11) is 1.42. The van der Waals surface area contributed by atoms with E-state index in [4.69, 9.17) is 0 Å². The van der Waals surface area contributed by atoms with Crippen LogP contribution in [0.3, 0.4) is 0 Å².